The van der Waals surface area contributed by atoms with E-state index >= 15 is 0 Å². The molecule has 1 aliphatic rings. The number of carbonyl (C=O) groups excluding carboxylic acids is 2. The highest BCUT2D eigenvalue weighted by atomic mass is 16.2. The van der Waals surface area contributed by atoms with Crippen LogP contribution < -0.4 is 5.32 Å². The van der Waals surface area contributed by atoms with Crippen molar-refractivity contribution in [3.8, 4) is 0 Å². The van der Waals surface area contributed by atoms with E-state index in [0.717, 1.165) is 18.4 Å². The van der Waals surface area contributed by atoms with Crippen molar-refractivity contribution in [1.29, 1.82) is 0 Å². The number of benzene rings is 1. The summed E-state index contributed by atoms with van der Waals surface area (Å²) in [7, 11) is 0. The lowest BCUT2D eigenvalue weighted by Crippen LogP contribution is -2.41. The minimum atomic E-state index is -0.944. The maximum atomic E-state index is 12.6. The normalized spacial score (nSPS) is 22.0. The Morgan fingerprint density at radius 3 is 2.33 bits per heavy atom. The Bertz CT molecular complexity index is 536. The molecule has 1 aromatic carbocycles. The standard InChI is InChI=1S/C17H24N2O2/c1-5-6-11-19-15(20)17(4,18-16(19)21)14-9-7-13(8-10-14)12(2)3/h7-10,12H,5-6,11H2,1-4H3,(H,18,21). The second kappa shape index (κ2) is 5.88. The van der Waals surface area contributed by atoms with Gasteiger partial charge in [-0.05, 0) is 30.4 Å². The second-order valence-electron chi connectivity index (χ2n) is 6.14. The molecule has 1 heterocycles. The van der Waals surface area contributed by atoms with Crippen LogP contribution in [0.4, 0.5) is 4.79 Å². The molecule has 0 bridgehead atoms. The fraction of sp³-hybridized carbons (Fsp3) is 0.529. The van der Waals surface area contributed by atoms with Crippen molar-refractivity contribution in [1.82, 2.24) is 10.2 Å². The molecule has 1 aliphatic heterocycles. The van der Waals surface area contributed by atoms with Crippen molar-refractivity contribution in [2.75, 3.05) is 6.54 Å². The van der Waals surface area contributed by atoms with Crippen molar-refractivity contribution in [2.45, 2.75) is 52.0 Å². The molecule has 1 N–H and O–H groups in total. The van der Waals surface area contributed by atoms with Gasteiger partial charge in [0.15, 0.2) is 0 Å². The van der Waals surface area contributed by atoms with Gasteiger partial charge in [0.2, 0.25) is 0 Å². The van der Waals surface area contributed by atoms with Gasteiger partial charge >= 0.3 is 6.03 Å². The van der Waals surface area contributed by atoms with Crippen LogP contribution in [0.2, 0.25) is 0 Å². The lowest BCUT2D eigenvalue weighted by molar-refractivity contribution is -0.131. The summed E-state index contributed by atoms with van der Waals surface area (Å²) in [6, 6.07) is 7.65. The number of rotatable bonds is 5. The second-order valence-corrected chi connectivity index (χ2v) is 6.14. The van der Waals surface area contributed by atoms with Crippen LogP contribution in [0.3, 0.4) is 0 Å². The number of urea groups is 1. The van der Waals surface area contributed by atoms with E-state index in [0.29, 0.717) is 12.5 Å². The van der Waals surface area contributed by atoms with Gasteiger partial charge in [0.1, 0.15) is 5.54 Å². The Morgan fingerprint density at radius 1 is 1.19 bits per heavy atom. The average Bonchev–Trinajstić information content (AvgIpc) is 2.68. The predicted molar refractivity (Wildman–Crippen MR) is 83.0 cm³/mol. The minimum Gasteiger partial charge on any atom is -0.319 e. The van der Waals surface area contributed by atoms with Crippen LogP contribution in [0.5, 0.6) is 0 Å². The summed E-state index contributed by atoms with van der Waals surface area (Å²) >= 11 is 0. The molecule has 2 rings (SSSR count). The monoisotopic (exact) mass is 288 g/mol. The van der Waals surface area contributed by atoms with Crippen molar-refractivity contribution in [3.63, 3.8) is 0 Å². The zero-order valence-electron chi connectivity index (χ0n) is 13.3. The number of hydrogen-bond donors (Lipinski definition) is 1. The summed E-state index contributed by atoms with van der Waals surface area (Å²) in [4.78, 5) is 26.0. The molecule has 3 amide bonds. The first-order valence-electron chi connectivity index (χ1n) is 7.64. The molecule has 1 saturated heterocycles. The number of imide groups is 1. The highest BCUT2D eigenvalue weighted by Gasteiger charge is 2.48. The van der Waals surface area contributed by atoms with Crippen LogP contribution in [0, 0.1) is 0 Å². The summed E-state index contributed by atoms with van der Waals surface area (Å²) < 4.78 is 0. The fourth-order valence-electron chi connectivity index (χ4n) is 2.61. The average molecular weight is 288 g/mol. The predicted octanol–water partition coefficient (Wildman–Crippen LogP) is 3.38. The fourth-order valence-corrected chi connectivity index (χ4v) is 2.61. The molecule has 21 heavy (non-hydrogen) atoms. The van der Waals surface area contributed by atoms with Gasteiger partial charge in [-0.3, -0.25) is 9.69 Å². The number of nitrogens with one attached hydrogen (secondary N) is 1. The van der Waals surface area contributed by atoms with Crippen LogP contribution in [0.1, 0.15) is 57.6 Å². The molecule has 1 aromatic rings. The van der Waals surface area contributed by atoms with Crippen LogP contribution in [0.25, 0.3) is 0 Å². The lowest BCUT2D eigenvalue weighted by Gasteiger charge is -2.22. The molecule has 0 radical (unpaired) electrons. The topological polar surface area (TPSA) is 49.4 Å². The maximum absolute atomic E-state index is 12.6. The number of unbranched alkanes of at least 4 members (excludes halogenated alkanes) is 1. The molecule has 114 valence electrons. The van der Waals surface area contributed by atoms with Crippen LogP contribution in [0.15, 0.2) is 24.3 Å². The van der Waals surface area contributed by atoms with Crippen molar-refractivity contribution in [2.24, 2.45) is 0 Å². The molecule has 4 nitrogen and oxygen atoms in total. The third-order valence-electron chi connectivity index (χ3n) is 4.16. The first kappa shape index (κ1) is 15.5. The summed E-state index contributed by atoms with van der Waals surface area (Å²) in [5.41, 5.74) is 1.12. The van der Waals surface area contributed by atoms with Crippen LogP contribution in [-0.4, -0.2) is 23.4 Å². The first-order chi connectivity index (χ1) is 9.90. The third kappa shape index (κ3) is 2.80. The van der Waals surface area contributed by atoms with E-state index in [9.17, 15) is 9.59 Å². The van der Waals surface area contributed by atoms with Gasteiger partial charge in [0, 0.05) is 6.54 Å². The molecule has 0 saturated carbocycles. The first-order valence-corrected chi connectivity index (χ1v) is 7.64. The SMILES string of the molecule is CCCCN1C(=O)NC(C)(c2ccc(C(C)C)cc2)C1=O. The van der Waals surface area contributed by atoms with Gasteiger partial charge in [-0.25, -0.2) is 4.79 Å². The van der Waals surface area contributed by atoms with Crippen molar-refractivity contribution in [3.05, 3.63) is 35.4 Å². The highest BCUT2D eigenvalue weighted by Crippen LogP contribution is 2.30. The maximum Gasteiger partial charge on any atom is 0.325 e. The van der Waals surface area contributed by atoms with E-state index < -0.39 is 5.54 Å². The van der Waals surface area contributed by atoms with Gasteiger partial charge in [-0.15, -0.1) is 0 Å². The van der Waals surface area contributed by atoms with E-state index in [2.05, 4.69) is 19.2 Å². The Kier molecular flexibility index (Phi) is 4.35. The van der Waals surface area contributed by atoms with E-state index in [4.69, 9.17) is 0 Å². The molecular weight excluding hydrogens is 264 g/mol. The largest absolute Gasteiger partial charge is 0.325 e. The number of carbonyl (C=O) groups is 2. The van der Waals surface area contributed by atoms with Gasteiger partial charge in [-0.2, -0.15) is 0 Å². The number of hydrogen-bond acceptors (Lipinski definition) is 2. The van der Waals surface area contributed by atoms with Crippen molar-refractivity contribution < 1.29 is 9.59 Å². The van der Waals surface area contributed by atoms with E-state index in [1.165, 1.54) is 10.5 Å². The van der Waals surface area contributed by atoms with E-state index in [-0.39, 0.29) is 11.9 Å². The summed E-state index contributed by atoms with van der Waals surface area (Å²) in [5.74, 6) is 0.292. The molecule has 0 spiro atoms. The Balaban J connectivity index is 2.26. The molecule has 1 fully saturated rings. The number of amides is 3. The van der Waals surface area contributed by atoms with Gasteiger partial charge in [-0.1, -0.05) is 51.5 Å². The van der Waals surface area contributed by atoms with Gasteiger partial charge in [0.25, 0.3) is 5.91 Å². The molecular formula is C17H24N2O2. The quantitative estimate of drug-likeness (QED) is 0.844. The van der Waals surface area contributed by atoms with Gasteiger partial charge < -0.3 is 5.32 Å². The smallest absolute Gasteiger partial charge is 0.319 e. The molecule has 0 aromatic heterocycles. The van der Waals surface area contributed by atoms with Crippen molar-refractivity contribution >= 4 is 11.9 Å². The molecule has 4 heteroatoms. The van der Waals surface area contributed by atoms with Gasteiger partial charge in [0.05, 0.1) is 0 Å². The summed E-state index contributed by atoms with van der Waals surface area (Å²) in [6.45, 7) is 8.57. The molecule has 1 atom stereocenters. The third-order valence-corrected chi connectivity index (χ3v) is 4.16. The molecule has 1 unspecified atom stereocenters. The van der Waals surface area contributed by atoms with Crippen LogP contribution in [-0.2, 0) is 10.3 Å². The Hall–Kier alpha value is -1.84. The minimum absolute atomic E-state index is 0.154. The highest BCUT2D eigenvalue weighted by molar-refractivity contribution is 6.07. The summed E-state index contributed by atoms with van der Waals surface area (Å²) in [6.07, 6.45) is 1.79. The molecule has 0 aliphatic carbocycles. The lowest BCUT2D eigenvalue weighted by atomic mass is 9.90. The summed E-state index contributed by atoms with van der Waals surface area (Å²) in [5, 5.41) is 2.84. The van der Waals surface area contributed by atoms with E-state index in [1.807, 2.05) is 31.2 Å². The number of nitrogens with zero attached hydrogens (tertiary/aromatic N) is 1. The van der Waals surface area contributed by atoms with E-state index in [1.54, 1.807) is 6.92 Å². The van der Waals surface area contributed by atoms with Crippen LogP contribution >= 0.6 is 0 Å². The zero-order valence-corrected chi connectivity index (χ0v) is 13.3. The Morgan fingerprint density at radius 2 is 1.81 bits per heavy atom. The Labute approximate surface area is 126 Å². The zero-order chi connectivity index (χ0) is 15.6.